The van der Waals surface area contributed by atoms with Crippen molar-refractivity contribution in [2.45, 2.75) is 25.9 Å². The average Bonchev–Trinajstić information content (AvgIpc) is 2.66. The lowest BCUT2D eigenvalue weighted by molar-refractivity contribution is -0.126. The van der Waals surface area contributed by atoms with Crippen molar-refractivity contribution in [1.82, 2.24) is 9.78 Å². The second-order valence-corrected chi connectivity index (χ2v) is 4.15. The van der Waals surface area contributed by atoms with E-state index in [9.17, 15) is 9.90 Å². The molecule has 0 aliphatic heterocycles. The number of ketones is 1. The number of Topliss-reactive ketones (excluding diaryl/α,β-unsaturated/α-hetero) is 1. The minimum absolute atomic E-state index is 0.170. The van der Waals surface area contributed by atoms with Crippen LogP contribution in [0.3, 0.4) is 0 Å². The Morgan fingerprint density at radius 3 is 2.88 bits per heavy atom. The predicted octanol–water partition coefficient (Wildman–Crippen LogP) is 1.46. The summed E-state index contributed by atoms with van der Waals surface area (Å²) >= 11 is 0. The minimum Gasteiger partial charge on any atom is -0.385 e. The van der Waals surface area contributed by atoms with Crippen molar-refractivity contribution in [3.8, 4) is 0 Å². The van der Waals surface area contributed by atoms with Gasteiger partial charge in [0.15, 0.2) is 5.78 Å². The van der Waals surface area contributed by atoms with Gasteiger partial charge >= 0.3 is 0 Å². The van der Waals surface area contributed by atoms with Gasteiger partial charge in [0.05, 0.1) is 17.6 Å². The van der Waals surface area contributed by atoms with E-state index in [0.717, 1.165) is 16.6 Å². The minimum atomic E-state index is -0.879. The van der Waals surface area contributed by atoms with Crippen LogP contribution in [0.25, 0.3) is 10.9 Å². The van der Waals surface area contributed by atoms with Gasteiger partial charge in [0.1, 0.15) is 6.10 Å². The van der Waals surface area contributed by atoms with Gasteiger partial charge in [0, 0.05) is 12.4 Å². The number of fused-ring (bicyclic) bond motifs is 1. The molecule has 1 heterocycles. The SMILES string of the molecule is CCC(O)C(=O)Cc1nn(C)c2ccccc12. The zero-order chi connectivity index (χ0) is 12.4. The summed E-state index contributed by atoms with van der Waals surface area (Å²) in [6, 6.07) is 7.78. The summed E-state index contributed by atoms with van der Waals surface area (Å²) in [7, 11) is 1.85. The number of nitrogens with zero attached hydrogens (tertiary/aromatic N) is 2. The first-order valence-electron chi connectivity index (χ1n) is 5.75. The second kappa shape index (κ2) is 4.67. The van der Waals surface area contributed by atoms with Gasteiger partial charge in [-0.2, -0.15) is 5.10 Å². The molecule has 0 aliphatic rings. The number of para-hydroxylation sites is 1. The number of rotatable bonds is 4. The third kappa shape index (κ3) is 2.22. The summed E-state index contributed by atoms with van der Waals surface area (Å²) in [6.45, 7) is 1.79. The third-order valence-corrected chi connectivity index (χ3v) is 2.93. The van der Waals surface area contributed by atoms with Gasteiger partial charge in [-0.25, -0.2) is 0 Å². The van der Waals surface area contributed by atoms with E-state index in [1.165, 1.54) is 0 Å². The third-order valence-electron chi connectivity index (χ3n) is 2.93. The fraction of sp³-hybridized carbons (Fsp3) is 0.385. The number of carbonyl (C=O) groups is 1. The molecule has 17 heavy (non-hydrogen) atoms. The van der Waals surface area contributed by atoms with Crippen molar-refractivity contribution in [2.24, 2.45) is 7.05 Å². The van der Waals surface area contributed by atoms with Crippen molar-refractivity contribution >= 4 is 16.7 Å². The fourth-order valence-corrected chi connectivity index (χ4v) is 1.93. The molecule has 4 heteroatoms. The van der Waals surface area contributed by atoms with Crippen LogP contribution in [-0.4, -0.2) is 26.8 Å². The molecule has 0 radical (unpaired) electrons. The first-order chi connectivity index (χ1) is 8.13. The summed E-state index contributed by atoms with van der Waals surface area (Å²) in [6.07, 6.45) is -0.240. The lowest BCUT2D eigenvalue weighted by atomic mass is 10.1. The van der Waals surface area contributed by atoms with Gasteiger partial charge in [-0.15, -0.1) is 0 Å². The normalized spacial score (nSPS) is 12.9. The highest BCUT2D eigenvalue weighted by Crippen LogP contribution is 2.18. The Morgan fingerprint density at radius 1 is 1.47 bits per heavy atom. The van der Waals surface area contributed by atoms with Crippen LogP contribution in [0.2, 0.25) is 0 Å². The number of hydrogen-bond donors (Lipinski definition) is 1. The highest BCUT2D eigenvalue weighted by atomic mass is 16.3. The number of aromatic nitrogens is 2. The van der Waals surface area contributed by atoms with Crippen LogP contribution in [0.15, 0.2) is 24.3 Å². The first-order valence-corrected chi connectivity index (χ1v) is 5.75. The maximum Gasteiger partial charge on any atom is 0.167 e. The number of hydrogen-bond acceptors (Lipinski definition) is 3. The quantitative estimate of drug-likeness (QED) is 0.868. The predicted molar refractivity (Wildman–Crippen MR) is 65.7 cm³/mol. The first kappa shape index (κ1) is 11.8. The van der Waals surface area contributed by atoms with Gasteiger partial charge in [-0.3, -0.25) is 9.48 Å². The van der Waals surface area contributed by atoms with Crippen LogP contribution in [0.1, 0.15) is 19.0 Å². The highest BCUT2D eigenvalue weighted by molar-refractivity contribution is 5.90. The molecule has 0 saturated heterocycles. The Labute approximate surface area is 99.9 Å². The molecule has 0 aliphatic carbocycles. The molecule has 0 bridgehead atoms. The van der Waals surface area contributed by atoms with Crippen LogP contribution in [0, 0.1) is 0 Å². The Bertz CT molecular complexity index is 545. The summed E-state index contributed by atoms with van der Waals surface area (Å²) in [5, 5.41) is 14.8. The van der Waals surface area contributed by atoms with E-state index in [1.54, 1.807) is 11.6 Å². The van der Waals surface area contributed by atoms with Gasteiger partial charge < -0.3 is 5.11 Å². The Kier molecular flexibility index (Phi) is 3.24. The average molecular weight is 232 g/mol. The smallest absolute Gasteiger partial charge is 0.167 e. The molecule has 1 aromatic heterocycles. The molecule has 1 N–H and O–H groups in total. The maximum absolute atomic E-state index is 11.7. The molecule has 0 amide bonds. The van der Waals surface area contributed by atoms with E-state index in [1.807, 2.05) is 31.3 Å². The molecule has 0 fully saturated rings. The zero-order valence-electron chi connectivity index (χ0n) is 10.1. The van der Waals surface area contributed by atoms with Crippen molar-refractivity contribution in [1.29, 1.82) is 0 Å². The molecular weight excluding hydrogens is 216 g/mol. The van der Waals surface area contributed by atoms with Crippen molar-refractivity contribution < 1.29 is 9.90 Å². The van der Waals surface area contributed by atoms with Crippen LogP contribution >= 0.6 is 0 Å². The largest absolute Gasteiger partial charge is 0.385 e. The van der Waals surface area contributed by atoms with E-state index >= 15 is 0 Å². The van der Waals surface area contributed by atoms with E-state index in [2.05, 4.69) is 5.10 Å². The summed E-state index contributed by atoms with van der Waals surface area (Å²) < 4.78 is 1.76. The summed E-state index contributed by atoms with van der Waals surface area (Å²) in [5.41, 5.74) is 1.74. The van der Waals surface area contributed by atoms with Gasteiger partial charge in [0.25, 0.3) is 0 Å². The standard InChI is InChI=1S/C13H16N2O2/c1-3-12(16)13(17)8-10-9-6-4-5-7-11(9)15(2)14-10/h4-7,12,16H,3,8H2,1-2H3. The molecule has 2 rings (SSSR count). The molecule has 1 unspecified atom stereocenters. The van der Waals surface area contributed by atoms with Crippen molar-refractivity contribution in [2.75, 3.05) is 0 Å². The van der Waals surface area contributed by atoms with Crippen molar-refractivity contribution in [3.63, 3.8) is 0 Å². The van der Waals surface area contributed by atoms with Crippen LogP contribution < -0.4 is 0 Å². The number of carbonyl (C=O) groups excluding carboxylic acids is 1. The zero-order valence-corrected chi connectivity index (χ0v) is 10.1. The Balaban J connectivity index is 2.34. The summed E-state index contributed by atoms with van der Waals surface area (Å²) in [4.78, 5) is 11.7. The molecule has 1 atom stereocenters. The van der Waals surface area contributed by atoms with Crippen LogP contribution in [-0.2, 0) is 18.3 Å². The number of benzene rings is 1. The molecule has 1 aromatic carbocycles. The fourth-order valence-electron chi connectivity index (χ4n) is 1.93. The lowest BCUT2D eigenvalue weighted by Gasteiger charge is -2.04. The topological polar surface area (TPSA) is 55.1 Å². The van der Waals surface area contributed by atoms with Crippen LogP contribution in [0.5, 0.6) is 0 Å². The van der Waals surface area contributed by atoms with Crippen LogP contribution in [0.4, 0.5) is 0 Å². The number of aliphatic hydroxyl groups excluding tert-OH is 1. The van der Waals surface area contributed by atoms with E-state index in [0.29, 0.717) is 6.42 Å². The molecule has 90 valence electrons. The monoisotopic (exact) mass is 232 g/mol. The Morgan fingerprint density at radius 2 is 2.18 bits per heavy atom. The molecule has 4 nitrogen and oxygen atoms in total. The highest BCUT2D eigenvalue weighted by Gasteiger charge is 2.17. The van der Waals surface area contributed by atoms with Gasteiger partial charge in [-0.05, 0) is 12.5 Å². The Hall–Kier alpha value is -1.68. The van der Waals surface area contributed by atoms with E-state index < -0.39 is 6.10 Å². The van der Waals surface area contributed by atoms with Gasteiger partial charge in [0.2, 0.25) is 0 Å². The maximum atomic E-state index is 11.7. The molecule has 0 spiro atoms. The summed E-state index contributed by atoms with van der Waals surface area (Å²) in [5.74, 6) is -0.170. The molecule has 2 aromatic rings. The van der Waals surface area contributed by atoms with Gasteiger partial charge in [-0.1, -0.05) is 25.1 Å². The molecular formula is C13H16N2O2. The van der Waals surface area contributed by atoms with Crippen molar-refractivity contribution in [3.05, 3.63) is 30.0 Å². The molecule has 0 saturated carbocycles. The lowest BCUT2D eigenvalue weighted by Crippen LogP contribution is -2.21. The number of aliphatic hydroxyl groups is 1. The van der Waals surface area contributed by atoms with E-state index in [4.69, 9.17) is 0 Å². The number of aryl methyl sites for hydroxylation is 1. The van der Waals surface area contributed by atoms with E-state index in [-0.39, 0.29) is 12.2 Å². The second-order valence-electron chi connectivity index (χ2n) is 4.15.